The second-order valence-corrected chi connectivity index (χ2v) is 4.55. The number of hydrogen-bond donors (Lipinski definition) is 2. The molecule has 1 unspecified atom stereocenters. The molecule has 17 heavy (non-hydrogen) atoms. The van der Waals surface area contributed by atoms with E-state index in [0.29, 0.717) is 11.5 Å². The summed E-state index contributed by atoms with van der Waals surface area (Å²) in [6.07, 6.45) is 2.32. The predicted molar refractivity (Wildman–Crippen MR) is 66.0 cm³/mol. The summed E-state index contributed by atoms with van der Waals surface area (Å²) in [7, 11) is 0. The number of hydrogen-bond acceptors (Lipinski definition) is 3. The Balaban J connectivity index is 2.06. The van der Waals surface area contributed by atoms with Crippen LogP contribution in [0.15, 0.2) is 23.2 Å². The lowest BCUT2D eigenvalue weighted by atomic mass is 9.86. The number of nitrogens with zero attached hydrogens (tertiary/aromatic N) is 1. The minimum Gasteiger partial charge on any atom is -0.478 e. The van der Waals surface area contributed by atoms with E-state index in [1.54, 1.807) is 12.1 Å². The van der Waals surface area contributed by atoms with Gasteiger partial charge < -0.3 is 10.4 Å². The molecule has 1 aromatic carbocycles. The summed E-state index contributed by atoms with van der Waals surface area (Å²) in [4.78, 5) is 15.5. The normalized spacial score (nSPS) is 21.9. The molecule has 0 aromatic heterocycles. The van der Waals surface area contributed by atoms with E-state index in [0.717, 1.165) is 36.5 Å². The Morgan fingerprint density at radius 1 is 1.47 bits per heavy atom. The molecule has 0 spiro atoms. The smallest absolute Gasteiger partial charge is 0.335 e. The number of carboxylic acid groups (broad SMARTS) is 1. The first-order chi connectivity index (χ1) is 8.25. The van der Waals surface area contributed by atoms with Crippen LogP contribution < -0.4 is 5.32 Å². The zero-order valence-electron chi connectivity index (χ0n) is 9.44. The molecule has 0 saturated heterocycles. The molecule has 0 radical (unpaired) electrons. The molecule has 0 amide bonds. The summed E-state index contributed by atoms with van der Waals surface area (Å²) >= 11 is 0. The van der Waals surface area contributed by atoms with Crippen molar-refractivity contribution in [1.29, 1.82) is 0 Å². The number of carboxylic acids is 1. The van der Waals surface area contributed by atoms with Gasteiger partial charge in [-0.25, -0.2) is 4.79 Å². The molecule has 3 rings (SSSR count). The summed E-state index contributed by atoms with van der Waals surface area (Å²) < 4.78 is 0. The van der Waals surface area contributed by atoms with Crippen LogP contribution >= 0.6 is 0 Å². The van der Waals surface area contributed by atoms with Crippen LogP contribution in [0.3, 0.4) is 0 Å². The van der Waals surface area contributed by atoms with Crippen LogP contribution in [0.25, 0.3) is 0 Å². The first-order valence-corrected chi connectivity index (χ1v) is 5.91. The number of nitrogens with one attached hydrogen (secondary N) is 1. The van der Waals surface area contributed by atoms with Crippen LogP contribution in [0, 0.1) is 5.92 Å². The molecule has 2 heterocycles. The summed E-state index contributed by atoms with van der Waals surface area (Å²) in [5.41, 5.74) is 3.46. The maximum atomic E-state index is 10.9. The molecule has 2 N–H and O–H groups in total. The van der Waals surface area contributed by atoms with E-state index in [2.05, 4.69) is 10.3 Å². The molecular weight excluding hydrogens is 216 g/mol. The number of anilines is 1. The lowest BCUT2D eigenvalue weighted by molar-refractivity contribution is 0.0697. The number of aromatic carboxylic acids is 1. The minimum absolute atomic E-state index is 0.325. The molecule has 4 nitrogen and oxygen atoms in total. The van der Waals surface area contributed by atoms with Gasteiger partial charge in [-0.15, -0.1) is 0 Å². The summed E-state index contributed by atoms with van der Waals surface area (Å²) in [5, 5.41) is 12.3. The Hall–Kier alpha value is -1.84. The Morgan fingerprint density at radius 2 is 2.35 bits per heavy atom. The van der Waals surface area contributed by atoms with Gasteiger partial charge in [0.05, 0.1) is 5.56 Å². The number of rotatable bonds is 1. The fourth-order valence-electron chi connectivity index (χ4n) is 2.59. The highest BCUT2D eigenvalue weighted by Gasteiger charge is 2.27. The van der Waals surface area contributed by atoms with Crippen LogP contribution in [0.2, 0.25) is 0 Å². The Bertz CT molecular complexity index is 508. The monoisotopic (exact) mass is 230 g/mol. The molecule has 2 aliphatic heterocycles. The van der Waals surface area contributed by atoms with Crippen molar-refractivity contribution in [2.45, 2.75) is 12.8 Å². The lowest BCUT2D eigenvalue weighted by Crippen LogP contribution is -2.32. The molecule has 2 aliphatic rings. The molecule has 4 heteroatoms. The van der Waals surface area contributed by atoms with Gasteiger partial charge in [-0.05, 0) is 25.0 Å². The van der Waals surface area contributed by atoms with Gasteiger partial charge in [-0.3, -0.25) is 4.99 Å². The van der Waals surface area contributed by atoms with Gasteiger partial charge in [0.15, 0.2) is 0 Å². The quantitative estimate of drug-likeness (QED) is 0.775. The van der Waals surface area contributed by atoms with E-state index in [1.165, 1.54) is 6.42 Å². The van der Waals surface area contributed by atoms with Gasteiger partial charge in [-0.2, -0.15) is 0 Å². The third kappa shape index (κ3) is 1.69. The molecule has 1 aromatic rings. The maximum absolute atomic E-state index is 10.9. The average molecular weight is 230 g/mol. The number of benzene rings is 1. The van der Waals surface area contributed by atoms with Crippen molar-refractivity contribution in [2.75, 3.05) is 18.4 Å². The van der Waals surface area contributed by atoms with Gasteiger partial charge >= 0.3 is 5.97 Å². The van der Waals surface area contributed by atoms with E-state index in [4.69, 9.17) is 5.11 Å². The lowest BCUT2D eigenvalue weighted by Gasteiger charge is -2.30. The van der Waals surface area contributed by atoms with Crippen molar-refractivity contribution in [3.05, 3.63) is 29.3 Å². The van der Waals surface area contributed by atoms with Gasteiger partial charge in [0.25, 0.3) is 0 Å². The van der Waals surface area contributed by atoms with E-state index >= 15 is 0 Å². The molecule has 88 valence electrons. The predicted octanol–water partition coefficient (Wildman–Crippen LogP) is 2.01. The average Bonchev–Trinajstić information content (AvgIpc) is 2.38. The zero-order valence-corrected chi connectivity index (χ0v) is 9.44. The van der Waals surface area contributed by atoms with E-state index < -0.39 is 5.97 Å². The van der Waals surface area contributed by atoms with Gasteiger partial charge in [0.1, 0.15) is 0 Å². The molecule has 0 bridgehead atoms. The first kappa shape index (κ1) is 10.3. The fourth-order valence-corrected chi connectivity index (χ4v) is 2.59. The first-order valence-electron chi connectivity index (χ1n) is 5.91. The third-order valence-electron chi connectivity index (χ3n) is 3.46. The Labute approximate surface area is 99.4 Å². The Morgan fingerprint density at radius 3 is 3.18 bits per heavy atom. The molecule has 0 fully saturated rings. The van der Waals surface area contributed by atoms with Crippen molar-refractivity contribution in [2.24, 2.45) is 10.9 Å². The van der Waals surface area contributed by atoms with E-state index in [1.807, 2.05) is 6.07 Å². The SMILES string of the molecule is O=C(O)c1ccc2c(c1)NCC1CCCN=C21. The van der Waals surface area contributed by atoms with Gasteiger partial charge in [0.2, 0.25) is 0 Å². The highest BCUT2D eigenvalue weighted by atomic mass is 16.4. The third-order valence-corrected chi connectivity index (χ3v) is 3.46. The summed E-state index contributed by atoms with van der Waals surface area (Å²) in [5.74, 6) is -0.394. The summed E-state index contributed by atoms with van der Waals surface area (Å²) in [6, 6.07) is 5.23. The number of fused-ring (bicyclic) bond motifs is 3. The molecular formula is C13H14N2O2. The molecule has 0 aliphatic carbocycles. The Kier molecular flexibility index (Phi) is 2.35. The fraction of sp³-hybridized carbons (Fsp3) is 0.385. The van der Waals surface area contributed by atoms with Gasteiger partial charge in [-0.1, -0.05) is 6.07 Å². The topological polar surface area (TPSA) is 61.7 Å². The van der Waals surface area contributed by atoms with Crippen LogP contribution in [0.5, 0.6) is 0 Å². The second kappa shape index (κ2) is 3.87. The zero-order chi connectivity index (χ0) is 11.8. The van der Waals surface area contributed by atoms with E-state index in [9.17, 15) is 4.79 Å². The van der Waals surface area contributed by atoms with Crippen molar-refractivity contribution in [3.8, 4) is 0 Å². The van der Waals surface area contributed by atoms with Crippen LogP contribution in [-0.4, -0.2) is 29.9 Å². The van der Waals surface area contributed by atoms with Gasteiger partial charge in [0, 0.05) is 36.0 Å². The van der Waals surface area contributed by atoms with Crippen molar-refractivity contribution < 1.29 is 9.90 Å². The number of carbonyl (C=O) groups is 1. The molecule has 1 atom stereocenters. The number of aliphatic imine (C=N–C) groups is 1. The van der Waals surface area contributed by atoms with Crippen molar-refractivity contribution in [3.63, 3.8) is 0 Å². The second-order valence-electron chi connectivity index (χ2n) is 4.55. The van der Waals surface area contributed by atoms with E-state index in [-0.39, 0.29) is 0 Å². The summed E-state index contributed by atoms with van der Waals surface area (Å²) in [6.45, 7) is 1.76. The highest BCUT2D eigenvalue weighted by molar-refractivity contribution is 6.09. The minimum atomic E-state index is -0.887. The highest BCUT2D eigenvalue weighted by Crippen LogP contribution is 2.30. The van der Waals surface area contributed by atoms with Crippen LogP contribution in [-0.2, 0) is 0 Å². The van der Waals surface area contributed by atoms with Crippen molar-refractivity contribution in [1.82, 2.24) is 0 Å². The van der Waals surface area contributed by atoms with Crippen molar-refractivity contribution >= 4 is 17.4 Å². The van der Waals surface area contributed by atoms with Crippen LogP contribution in [0.4, 0.5) is 5.69 Å². The maximum Gasteiger partial charge on any atom is 0.335 e. The standard InChI is InChI=1S/C13H14N2O2/c16-13(17)8-3-4-10-11(6-8)15-7-9-2-1-5-14-12(9)10/h3-4,6,9,15H,1-2,5,7H2,(H,16,17). The largest absolute Gasteiger partial charge is 0.478 e. The van der Waals surface area contributed by atoms with Crippen LogP contribution in [0.1, 0.15) is 28.8 Å². The molecule has 0 saturated carbocycles.